The maximum absolute atomic E-state index is 13.0. The van der Waals surface area contributed by atoms with Crippen LogP contribution in [-0.2, 0) is 14.8 Å². The minimum Gasteiger partial charge on any atom is -0.366 e. The molecule has 0 fully saturated rings. The number of hydrogen-bond donors (Lipinski definition) is 3. The normalized spacial score (nSPS) is 11.9. The number of amides is 1. The first kappa shape index (κ1) is 23.1. The lowest BCUT2D eigenvalue weighted by molar-refractivity contribution is -0.112. The van der Waals surface area contributed by atoms with Crippen LogP contribution < -0.4 is 10.5 Å². The van der Waals surface area contributed by atoms with Crippen LogP contribution in [0.3, 0.4) is 0 Å². The zero-order valence-electron chi connectivity index (χ0n) is 19.0. The van der Waals surface area contributed by atoms with Gasteiger partial charge in [-0.05, 0) is 41.0 Å². The number of aromatic nitrogens is 2. The van der Waals surface area contributed by atoms with Crippen molar-refractivity contribution >= 4 is 44.3 Å². The third kappa shape index (κ3) is 4.75. The fraction of sp³-hybridized carbons (Fsp3) is 0. The zero-order chi connectivity index (χ0) is 25.1. The van der Waals surface area contributed by atoms with Gasteiger partial charge in [0.15, 0.2) is 0 Å². The van der Waals surface area contributed by atoms with E-state index >= 15 is 0 Å². The Hall–Kier alpha value is -4.69. The summed E-state index contributed by atoms with van der Waals surface area (Å²) in [7, 11) is -3.85. The predicted octanol–water partition coefficient (Wildman–Crippen LogP) is 5.06. The van der Waals surface area contributed by atoms with Crippen molar-refractivity contribution in [3.05, 3.63) is 115 Å². The second-order valence-corrected chi connectivity index (χ2v) is 9.83. The van der Waals surface area contributed by atoms with Gasteiger partial charge in [0.1, 0.15) is 5.65 Å². The third-order valence-electron chi connectivity index (χ3n) is 5.74. The summed E-state index contributed by atoms with van der Waals surface area (Å²) in [6.07, 6.45) is 4.80. The molecule has 0 saturated heterocycles. The number of hydrogen-bond acceptors (Lipinski definition) is 4. The predicted molar refractivity (Wildman–Crippen MR) is 142 cm³/mol. The Morgan fingerprint density at radius 3 is 2.19 bits per heavy atom. The molecular formula is C28H22N4O3S. The Balaban J connectivity index is 1.45. The van der Waals surface area contributed by atoms with Gasteiger partial charge in [0.05, 0.1) is 16.8 Å². The van der Waals surface area contributed by atoms with Gasteiger partial charge in [-0.2, -0.15) is 0 Å². The number of nitrogens with one attached hydrogen (secondary N) is 2. The van der Waals surface area contributed by atoms with E-state index in [0.717, 1.165) is 11.1 Å². The molecule has 36 heavy (non-hydrogen) atoms. The first-order valence-electron chi connectivity index (χ1n) is 11.1. The van der Waals surface area contributed by atoms with E-state index in [1.807, 2.05) is 48.5 Å². The minimum atomic E-state index is -3.85. The average molecular weight is 495 g/mol. The second kappa shape index (κ2) is 9.52. The number of sulfonamides is 1. The van der Waals surface area contributed by atoms with Gasteiger partial charge in [0, 0.05) is 22.7 Å². The molecule has 7 nitrogen and oxygen atoms in total. The number of pyridine rings is 1. The summed E-state index contributed by atoms with van der Waals surface area (Å²) in [6.45, 7) is 0. The average Bonchev–Trinajstić information content (AvgIpc) is 3.30. The molecule has 5 rings (SSSR count). The first-order valence-corrected chi connectivity index (χ1v) is 12.6. The number of benzene rings is 3. The van der Waals surface area contributed by atoms with Gasteiger partial charge in [-0.25, -0.2) is 13.4 Å². The van der Waals surface area contributed by atoms with Crippen molar-refractivity contribution in [2.45, 2.75) is 4.90 Å². The zero-order valence-corrected chi connectivity index (χ0v) is 19.9. The van der Waals surface area contributed by atoms with Gasteiger partial charge in [-0.15, -0.1) is 0 Å². The highest BCUT2D eigenvalue weighted by Gasteiger charge is 2.16. The Kier molecular flexibility index (Phi) is 6.10. The number of fused-ring (bicyclic) bond motifs is 1. The summed E-state index contributed by atoms with van der Waals surface area (Å²) in [5.74, 6) is -0.570. The van der Waals surface area contributed by atoms with Crippen LogP contribution in [0.2, 0.25) is 0 Å². The minimum absolute atomic E-state index is 0.136. The number of carbonyl (C=O) groups excluding carboxylic acids is 1. The Labute approximate surface area is 208 Å². The van der Waals surface area contributed by atoms with Gasteiger partial charge >= 0.3 is 0 Å². The fourth-order valence-corrected chi connectivity index (χ4v) is 4.97. The van der Waals surface area contributed by atoms with Crippen molar-refractivity contribution in [2.24, 2.45) is 5.73 Å². The van der Waals surface area contributed by atoms with Crippen molar-refractivity contribution < 1.29 is 13.2 Å². The van der Waals surface area contributed by atoms with Crippen molar-refractivity contribution in [2.75, 3.05) is 4.72 Å². The van der Waals surface area contributed by atoms with Crippen molar-refractivity contribution in [3.8, 4) is 11.1 Å². The molecule has 0 unspecified atom stereocenters. The Morgan fingerprint density at radius 2 is 1.53 bits per heavy atom. The van der Waals surface area contributed by atoms with E-state index in [0.29, 0.717) is 33.4 Å². The van der Waals surface area contributed by atoms with Crippen molar-refractivity contribution in [1.29, 1.82) is 0 Å². The number of H-pyrrole nitrogens is 1. The van der Waals surface area contributed by atoms with E-state index in [2.05, 4.69) is 14.7 Å². The van der Waals surface area contributed by atoms with Crippen LogP contribution >= 0.6 is 0 Å². The van der Waals surface area contributed by atoms with Crippen LogP contribution in [0, 0.1) is 0 Å². The van der Waals surface area contributed by atoms with Crippen LogP contribution in [0.5, 0.6) is 0 Å². The molecule has 2 aromatic heterocycles. The second-order valence-electron chi connectivity index (χ2n) is 8.15. The van der Waals surface area contributed by atoms with Gasteiger partial charge < -0.3 is 10.7 Å². The van der Waals surface area contributed by atoms with Crippen LogP contribution in [0.4, 0.5) is 5.69 Å². The van der Waals surface area contributed by atoms with E-state index in [4.69, 9.17) is 5.73 Å². The number of aromatic amines is 1. The molecular weight excluding hydrogens is 472 g/mol. The maximum atomic E-state index is 13.0. The van der Waals surface area contributed by atoms with E-state index in [1.54, 1.807) is 54.7 Å². The number of rotatable bonds is 7. The quantitative estimate of drug-likeness (QED) is 0.274. The number of carbonyl (C=O) groups is 1. The molecule has 0 aliphatic rings. The summed E-state index contributed by atoms with van der Waals surface area (Å²) < 4.78 is 28.7. The molecule has 0 atom stereocenters. The number of nitrogens with zero attached hydrogens (tertiary/aromatic N) is 1. The molecule has 0 aliphatic heterocycles. The smallest absolute Gasteiger partial charge is 0.261 e. The molecule has 0 saturated carbocycles. The lowest BCUT2D eigenvalue weighted by Gasteiger charge is -2.09. The molecule has 8 heteroatoms. The van der Waals surface area contributed by atoms with Gasteiger partial charge in [-0.3, -0.25) is 9.52 Å². The van der Waals surface area contributed by atoms with Crippen LogP contribution in [0.25, 0.3) is 33.8 Å². The summed E-state index contributed by atoms with van der Waals surface area (Å²) >= 11 is 0. The number of primary amides is 1. The summed E-state index contributed by atoms with van der Waals surface area (Å²) in [4.78, 5) is 19.6. The highest BCUT2D eigenvalue weighted by atomic mass is 32.2. The molecule has 0 bridgehead atoms. The van der Waals surface area contributed by atoms with Crippen LogP contribution in [0.15, 0.2) is 108 Å². The maximum Gasteiger partial charge on any atom is 0.261 e. The van der Waals surface area contributed by atoms with Crippen molar-refractivity contribution in [3.63, 3.8) is 0 Å². The SMILES string of the molecule is NC(=O)C(=Cc1c[nH]c2ncc(NS(=O)(=O)c3ccc(-c4ccccc4)cc3)cc12)c1ccccc1. The molecule has 2 heterocycles. The van der Waals surface area contributed by atoms with E-state index in [-0.39, 0.29) is 4.90 Å². The third-order valence-corrected chi connectivity index (χ3v) is 7.13. The van der Waals surface area contributed by atoms with E-state index in [9.17, 15) is 13.2 Å². The van der Waals surface area contributed by atoms with Crippen LogP contribution in [0.1, 0.15) is 11.1 Å². The van der Waals surface area contributed by atoms with Gasteiger partial charge in [-0.1, -0.05) is 72.8 Å². The standard InChI is InChI=1S/C28H22N4O3S/c29-27(33)25(21-9-5-2-6-10-21)15-22-17-30-28-26(22)16-23(18-31-28)32-36(34,35)24-13-11-20(12-14-24)19-7-3-1-4-8-19/h1-18,32H,(H2,29,33)(H,30,31). The summed E-state index contributed by atoms with van der Waals surface area (Å²) in [6, 6.07) is 27.2. The molecule has 0 radical (unpaired) electrons. The van der Waals surface area contributed by atoms with Crippen LogP contribution in [-0.4, -0.2) is 24.3 Å². The van der Waals surface area contributed by atoms with E-state index in [1.165, 1.54) is 6.20 Å². The highest BCUT2D eigenvalue weighted by molar-refractivity contribution is 7.92. The molecule has 5 aromatic rings. The van der Waals surface area contributed by atoms with Gasteiger partial charge in [0.2, 0.25) is 5.91 Å². The molecule has 1 amide bonds. The highest BCUT2D eigenvalue weighted by Crippen LogP contribution is 2.27. The molecule has 3 aromatic carbocycles. The Morgan fingerprint density at radius 1 is 0.889 bits per heavy atom. The van der Waals surface area contributed by atoms with Crippen molar-refractivity contribution in [1.82, 2.24) is 9.97 Å². The molecule has 178 valence electrons. The van der Waals surface area contributed by atoms with E-state index < -0.39 is 15.9 Å². The Bertz CT molecular complexity index is 1680. The molecule has 0 aliphatic carbocycles. The topological polar surface area (TPSA) is 118 Å². The largest absolute Gasteiger partial charge is 0.366 e. The lowest BCUT2D eigenvalue weighted by Crippen LogP contribution is -2.13. The monoisotopic (exact) mass is 494 g/mol. The summed E-state index contributed by atoms with van der Waals surface area (Å²) in [5.41, 5.74) is 10.1. The first-order chi connectivity index (χ1) is 17.4. The lowest BCUT2D eigenvalue weighted by atomic mass is 10.0. The fourth-order valence-electron chi connectivity index (χ4n) is 3.94. The van der Waals surface area contributed by atoms with Gasteiger partial charge in [0.25, 0.3) is 10.0 Å². The molecule has 4 N–H and O–H groups in total. The number of nitrogens with two attached hydrogens (primary N) is 1. The number of anilines is 1. The summed E-state index contributed by atoms with van der Waals surface area (Å²) in [5, 5.41) is 0.643. The molecule has 0 spiro atoms.